The number of hydrogen-bond donors (Lipinski definition) is 3. The van der Waals surface area contributed by atoms with E-state index in [-0.39, 0.29) is 25.0 Å². The van der Waals surface area contributed by atoms with Crippen molar-refractivity contribution in [1.29, 1.82) is 0 Å². The van der Waals surface area contributed by atoms with Gasteiger partial charge in [-0.2, -0.15) is 0 Å². The van der Waals surface area contributed by atoms with Crippen molar-refractivity contribution in [2.24, 2.45) is 5.73 Å². The fourth-order valence-electron chi connectivity index (χ4n) is 1.58. The third-order valence-corrected chi connectivity index (χ3v) is 3.49. The van der Waals surface area contributed by atoms with Gasteiger partial charge in [0, 0.05) is 18.0 Å². The standard InChI is InChI=1S/C14H16N4O3S/c1-16-13(20)7-21-10-4-2-9(3-5-10)11-8-22-14(17-11)18-12(19)6-15/h2-5,8H,6-7,15H2,1H3,(H,16,20)(H,17,18,19). The first-order chi connectivity index (χ1) is 10.6. The molecule has 1 aromatic heterocycles. The second kappa shape index (κ2) is 7.53. The number of benzene rings is 1. The Morgan fingerprint density at radius 1 is 1.27 bits per heavy atom. The Labute approximate surface area is 131 Å². The second-order valence-corrected chi connectivity index (χ2v) is 5.13. The number of nitrogens with zero attached hydrogens (tertiary/aromatic N) is 1. The van der Waals surface area contributed by atoms with Gasteiger partial charge in [-0.3, -0.25) is 9.59 Å². The molecule has 8 heteroatoms. The molecule has 0 bridgehead atoms. The Hall–Kier alpha value is -2.45. The number of ether oxygens (including phenoxy) is 1. The number of amides is 2. The van der Waals surface area contributed by atoms with Crippen molar-refractivity contribution in [3.63, 3.8) is 0 Å². The predicted octanol–water partition coefficient (Wildman–Crippen LogP) is 0.832. The molecule has 4 N–H and O–H groups in total. The molecule has 0 aliphatic rings. The zero-order valence-corrected chi connectivity index (χ0v) is 12.8. The lowest BCUT2D eigenvalue weighted by atomic mass is 10.2. The van der Waals surface area contributed by atoms with E-state index >= 15 is 0 Å². The molecule has 7 nitrogen and oxygen atoms in total. The number of likely N-dealkylation sites (N-methyl/N-ethyl adjacent to an activating group) is 1. The summed E-state index contributed by atoms with van der Waals surface area (Å²) in [6.45, 7) is -0.103. The summed E-state index contributed by atoms with van der Waals surface area (Å²) < 4.78 is 5.32. The van der Waals surface area contributed by atoms with Gasteiger partial charge >= 0.3 is 0 Å². The van der Waals surface area contributed by atoms with E-state index in [2.05, 4.69) is 15.6 Å². The SMILES string of the molecule is CNC(=O)COc1ccc(-c2csc(NC(=O)CN)n2)cc1. The van der Waals surface area contributed by atoms with Gasteiger partial charge in [-0.25, -0.2) is 4.98 Å². The summed E-state index contributed by atoms with van der Waals surface area (Å²) in [7, 11) is 1.55. The van der Waals surface area contributed by atoms with Crippen LogP contribution in [0.5, 0.6) is 5.75 Å². The fourth-order valence-corrected chi connectivity index (χ4v) is 2.31. The number of carbonyl (C=O) groups excluding carboxylic acids is 2. The van der Waals surface area contributed by atoms with Crippen molar-refractivity contribution in [1.82, 2.24) is 10.3 Å². The summed E-state index contributed by atoms with van der Waals surface area (Å²) in [5.74, 6) is 0.127. The van der Waals surface area contributed by atoms with Crippen molar-refractivity contribution < 1.29 is 14.3 Å². The molecule has 1 heterocycles. The minimum absolute atomic E-state index is 0.0260. The van der Waals surface area contributed by atoms with E-state index in [0.717, 1.165) is 11.3 Å². The molecule has 2 rings (SSSR count). The van der Waals surface area contributed by atoms with Gasteiger partial charge in [-0.1, -0.05) is 0 Å². The summed E-state index contributed by atoms with van der Waals surface area (Å²) in [4.78, 5) is 26.6. The molecular formula is C14H16N4O3S. The highest BCUT2D eigenvalue weighted by Gasteiger charge is 2.07. The minimum atomic E-state index is -0.279. The number of carbonyl (C=O) groups is 2. The summed E-state index contributed by atoms with van der Waals surface area (Å²) in [5.41, 5.74) is 6.87. The Kier molecular flexibility index (Phi) is 5.45. The molecule has 2 amide bonds. The van der Waals surface area contributed by atoms with Crippen LogP contribution in [-0.4, -0.2) is 37.0 Å². The fraction of sp³-hybridized carbons (Fsp3) is 0.214. The van der Waals surface area contributed by atoms with Gasteiger partial charge < -0.3 is 21.1 Å². The summed E-state index contributed by atoms with van der Waals surface area (Å²) in [5, 5.41) is 7.43. The van der Waals surface area contributed by atoms with E-state index in [0.29, 0.717) is 10.9 Å². The van der Waals surface area contributed by atoms with E-state index < -0.39 is 0 Å². The van der Waals surface area contributed by atoms with Crippen molar-refractivity contribution in [3.8, 4) is 17.0 Å². The Morgan fingerprint density at radius 2 is 2.00 bits per heavy atom. The molecule has 116 valence electrons. The lowest BCUT2D eigenvalue weighted by Gasteiger charge is -2.05. The van der Waals surface area contributed by atoms with Crippen molar-refractivity contribution in [3.05, 3.63) is 29.6 Å². The van der Waals surface area contributed by atoms with Crippen LogP contribution in [0.25, 0.3) is 11.3 Å². The van der Waals surface area contributed by atoms with E-state index in [1.165, 1.54) is 11.3 Å². The van der Waals surface area contributed by atoms with Gasteiger partial charge in [-0.15, -0.1) is 11.3 Å². The van der Waals surface area contributed by atoms with Gasteiger partial charge in [0.05, 0.1) is 12.2 Å². The number of thiazole rings is 1. The molecule has 0 aliphatic carbocycles. The largest absolute Gasteiger partial charge is 0.484 e. The number of hydrogen-bond acceptors (Lipinski definition) is 6. The average molecular weight is 320 g/mol. The van der Waals surface area contributed by atoms with Crippen LogP contribution in [0, 0.1) is 0 Å². The van der Waals surface area contributed by atoms with Gasteiger partial charge in [0.15, 0.2) is 11.7 Å². The zero-order chi connectivity index (χ0) is 15.9. The molecular weight excluding hydrogens is 304 g/mol. The number of nitrogens with two attached hydrogens (primary N) is 1. The molecule has 0 atom stereocenters. The molecule has 0 radical (unpaired) electrons. The third kappa shape index (κ3) is 4.27. The molecule has 0 saturated carbocycles. The normalized spacial score (nSPS) is 10.1. The van der Waals surface area contributed by atoms with Crippen LogP contribution >= 0.6 is 11.3 Å². The Morgan fingerprint density at radius 3 is 2.64 bits per heavy atom. The maximum Gasteiger partial charge on any atom is 0.257 e. The van der Waals surface area contributed by atoms with Crippen molar-refractivity contribution in [2.45, 2.75) is 0 Å². The van der Waals surface area contributed by atoms with Crippen LogP contribution in [0.15, 0.2) is 29.6 Å². The monoisotopic (exact) mass is 320 g/mol. The molecule has 0 unspecified atom stereocenters. The highest BCUT2D eigenvalue weighted by Crippen LogP contribution is 2.26. The molecule has 0 spiro atoms. The number of rotatable bonds is 6. The minimum Gasteiger partial charge on any atom is -0.484 e. The van der Waals surface area contributed by atoms with E-state index in [9.17, 15) is 9.59 Å². The van der Waals surface area contributed by atoms with E-state index in [1.54, 1.807) is 19.2 Å². The van der Waals surface area contributed by atoms with Crippen molar-refractivity contribution in [2.75, 3.05) is 25.5 Å². The molecule has 0 fully saturated rings. The van der Waals surface area contributed by atoms with Gasteiger partial charge in [0.25, 0.3) is 5.91 Å². The van der Waals surface area contributed by atoms with Crippen molar-refractivity contribution >= 4 is 28.3 Å². The first kappa shape index (κ1) is 15.9. The van der Waals surface area contributed by atoms with Crippen LogP contribution in [0.1, 0.15) is 0 Å². The van der Waals surface area contributed by atoms with Crippen LogP contribution in [-0.2, 0) is 9.59 Å². The number of aromatic nitrogens is 1. The van der Waals surface area contributed by atoms with Crippen LogP contribution in [0.3, 0.4) is 0 Å². The van der Waals surface area contributed by atoms with Crippen LogP contribution < -0.4 is 21.1 Å². The van der Waals surface area contributed by atoms with E-state index in [1.807, 2.05) is 17.5 Å². The highest BCUT2D eigenvalue weighted by molar-refractivity contribution is 7.14. The molecule has 1 aromatic carbocycles. The van der Waals surface area contributed by atoms with E-state index in [4.69, 9.17) is 10.5 Å². The first-order valence-electron chi connectivity index (χ1n) is 6.51. The summed E-state index contributed by atoms with van der Waals surface area (Å²) >= 11 is 1.33. The lowest BCUT2D eigenvalue weighted by Crippen LogP contribution is -2.24. The van der Waals surface area contributed by atoms with Gasteiger partial charge in [0.1, 0.15) is 5.75 Å². The van der Waals surface area contributed by atoms with Gasteiger partial charge in [0.2, 0.25) is 5.91 Å². The Bertz CT molecular complexity index is 654. The first-order valence-corrected chi connectivity index (χ1v) is 7.39. The molecule has 22 heavy (non-hydrogen) atoms. The molecule has 0 saturated heterocycles. The molecule has 2 aromatic rings. The third-order valence-electron chi connectivity index (χ3n) is 2.73. The van der Waals surface area contributed by atoms with Gasteiger partial charge in [-0.05, 0) is 24.3 Å². The topological polar surface area (TPSA) is 106 Å². The quantitative estimate of drug-likeness (QED) is 0.731. The maximum absolute atomic E-state index is 11.2. The predicted molar refractivity (Wildman–Crippen MR) is 84.8 cm³/mol. The summed E-state index contributed by atoms with van der Waals surface area (Å²) in [6, 6.07) is 7.19. The number of nitrogens with one attached hydrogen (secondary N) is 2. The highest BCUT2D eigenvalue weighted by atomic mass is 32.1. The van der Waals surface area contributed by atoms with Crippen LogP contribution in [0.2, 0.25) is 0 Å². The van der Waals surface area contributed by atoms with Crippen LogP contribution in [0.4, 0.5) is 5.13 Å². The maximum atomic E-state index is 11.2. The average Bonchev–Trinajstić information content (AvgIpc) is 3.01. The zero-order valence-electron chi connectivity index (χ0n) is 12.0. The lowest BCUT2D eigenvalue weighted by molar-refractivity contribution is -0.122. The number of anilines is 1. The summed E-state index contributed by atoms with van der Waals surface area (Å²) in [6.07, 6.45) is 0. The smallest absolute Gasteiger partial charge is 0.257 e. The molecule has 0 aliphatic heterocycles. The Balaban J connectivity index is 2.01. The second-order valence-electron chi connectivity index (χ2n) is 4.28.